The number of aromatic nitrogens is 1. The van der Waals surface area contributed by atoms with Crippen LogP contribution in [0.3, 0.4) is 0 Å². The van der Waals surface area contributed by atoms with Gasteiger partial charge in [0, 0.05) is 4.88 Å². The zero-order valence-corrected chi connectivity index (χ0v) is 10.7. The zero-order valence-electron chi connectivity index (χ0n) is 8.27. The highest BCUT2D eigenvalue weighted by Gasteiger charge is 2.14. The first-order chi connectivity index (χ1) is 6.80. The highest BCUT2D eigenvalue weighted by Crippen LogP contribution is 2.21. The molecule has 0 saturated carbocycles. The molecular formula is C7H11N3O2S3. The molecular weight excluding hydrogens is 254 g/mol. The van der Waals surface area contributed by atoms with Crippen molar-refractivity contribution in [1.29, 1.82) is 0 Å². The third-order valence-corrected chi connectivity index (χ3v) is 4.24. The zero-order chi connectivity index (χ0) is 11.6. The van der Waals surface area contributed by atoms with Crippen molar-refractivity contribution in [1.82, 2.24) is 4.98 Å². The van der Waals surface area contributed by atoms with Crippen LogP contribution >= 0.6 is 23.6 Å². The van der Waals surface area contributed by atoms with Crippen LogP contribution in [0.4, 0.5) is 5.13 Å². The summed E-state index contributed by atoms with van der Waals surface area (Å²) in [6, 6.07) is 0. The van der Waals surface area contributed by atoms with Crippen LogP contribution in [-0.2, 0) is 10.0 Å². The summed E-state index contributed by atoms with van der Waals surface area (Å²) in [5, 5.41) is 0.348. The quantitative estimate of drug-likeness (QED) is 0.786. The SMILES string of the molecule is Cc1nc(NS(=O)(=O)CC(N)=S)sc1C. The predicted molar refractivity (Wildman–Crippen MR) is 65.8 cm³/mol. The first kappa shape index (κ1) is 12.3. The number of nitrogens with zero attached hydrogens (tertiary/aromatic N) is 1. The van der Waals surface area contributed by atoms with Crippen LogP contribution < -0.4 is 10.5 Å². The summed E-state index contributed by atoms with van der Waals surface area (Å²) in [6.45, 7) is 3.69. The van der Waals surface area contributed by atoms with Crippen LogP contribution in [0.25, 0.3) is 0 Å². The van der Waals surface area contributed by atoms with Crippen LogP contribution in [0.15, 0.2) is 0 Å². The van der Waals surface area contributed by atoms with E-state index in [-0.39, 0.29) is 10.7 Å². The molecule has 3 N–H and O–H groups in total. The monoisotopic (exact) mass is 265 g/mol. The van der Waals surface area contributed by atoms with Crippen molar-refractivity contribution in [3.8, 4) is 0 Å². The Morgan fingerprint density at radius 1 is 1.60 bits per heavy atom. The molecule has 15 heavy (non-hydrogen) atoms. The van der Waals surface area contributed by atoms with E-state index in [1.807, 2.05) is 13.8 Å². The molecule has 0 spiro atoms. The van der Waals surface area contributed by atoms with Crippen molar-refractivity contribution in [3.05, 3.63) is 10.6 Å². The molecule has 5 nitrogen and oxygen atoms in total. The third-order valence-electron chi connectivity index (χ3n) is 1.60. The molecule has 0 saturated heterocycles. The molecule has 0 bridgehead atoms. The molecule has 0 aliphatic rings. The highest BCUT2D eigenvalue weighted by molar-refractivity contribution is 7.95. The van der Waals surface area contributed by atoms with Gasteiger partial charge in [-0.25, -0.2) is 13.4 Å². The van der Waals surface area contributed by atoms with Crippen LogP contribution in [0.1, 0.15) is 10.6 Å². The van der Waals surface area contributed by atoms with Gasteiger partial charge in [0.05, 0.1) is 10.7 Å². The lowest BCUT2D eigenvalue weighted by Gasteiger charge is -2.02. The molecule has 0 atom stereocenters. The molecule has 1 heterocycles. The molecule has 0 aliphatic carbocycles. The Hall–Kier alpha value is -0.730. The van der Waals surface area contributed by atoms with E-state index >= 15 is 0 Å². The van der Waals surface area contributed by atoms with E-state index in [2.05, 4.69) is 21.9 Å². The van der Waals surface area contributed by atoms with Crippen LogP contribution in [0.2, 0.25) is 0 Å². The summed E-state index contributed by atoms with van der Waals surface area (Å²) in [5.41, 5.74) is 5.98. The van der Waals surface area contributed by atoms with Gasteiger partial charge in [-0.05, 0) is 13.8 Å². The fourth-order valence-corrected chi connectivity index (χ4v) is 3.31. The number of hydrogen-bond acceptors (Lipinski definition) is 5. The summed E-state index contributed by atoms with van der Waals surface area (Å²) < 4.78 is 25.2. The van der Waals surface area contributed by atoms with Gasteiger partial charge in [-0.15, -0.1) is 11.3 Å². The Kier molecular flexibility index (Phi) is 3.63. The number of thiazole rings is 1. The van der Waals surface area contributed by atoms with Gasteiger partial charge in [0.25, 0.3) is 0 Å². The number of sulfonamides is 1. The van der Waals surface area contributed by atoms with Crippen molar-refractivity contribution >= 4 is 43.7 Å². The predicted octanol–water partition coefficient (Wildman–Crippen LogP) is 0.788. The van der Waals surface area contributed by atoms with Gasteiger partial charge >= 0.3 is 0 Å². The maximum atomic E-state index is 11.4. The van der Waals surface area contributed by atoms with Crippen LogP contribution in [0.5, 0.6) is 0 Å². The minimum Gasteiger partial charge on any atom is -0.392 e. The molecule has 0 unspecified atom stereocenters. The largest absolute Gasteiger partial charge is 0.392 e. The van der Waals surface area contributed by atoms with Gasteiger partial charge in [0.1, 0.15) is 5.75 Å². The minimum absolute atomic E-state index is 0.0625. The van der Waals surface area contributed by atoms with Gasteiger partial charge in [0.2, 0.25) is 10.0 Å². The fourth-order valence-electron chi connectivity index (χ4n) is 0.873. The maximum absolute atomic E-state index is 11.4. The standard InChI is InChI=1S/C7H11N3O2S3/c1-4-5(2)14-7(9-4)10-15(11,12)3-6(8)13/h3H2,1-2H3,(H2,8,13)(H,9,10). The van der Waals surface area contributed by atoms with E-state index in [1.165, 1.54) is 11.3 Å². The molecule has 8 heteroatoms. The Morgan fingerprint density at radius 3 is 2.60 bits per heavy atom. The minimum atomic E-state index is -3.51. The third kappa shape index (κ3) is 3.73. The number of aryl methyl sites for hydroxylation is 2. The normalized spacial score (nSPS) is 11.3. The van der Waals surface area contributed by atoms with Gasteiger partial charge in [-0.1, -0.05) is 12.2 Å². The molecule has 1 aromatic heterocycles. The smallest absolute Gasteiger partial charge is 0.241 e. The fraction of sp³-hybridized carbons (Fsp3) is 0.429. The van der Waals surface area contributed by atoms with E-state index in [9.17, 15) is 8.42 Å². The highest BCUT2D eigenvalue weighted by atomic mass is 32.2. The van der Waals surface area contributed by atoms with E-state index in [0.717, 1.165) is 10.6 Å². The first-order valence-corrected chi connectivity index (χ1v) is 6.90. The summed E-state index contributed by atoms with van der Waals surface area (Å²) in [7, 11) is -3.51. The second-order valence-electron chi connectivity index (χ2n) is 2.99. The number of hydrogen-bond donors (Lipinski definition) is 2. The Bertz CT molecular complexity index is 458. The van der Waals surface area contributed by atoms with Crippen molar-refractivity contribution in [3.63, 3.8) is 0 Å². The van der Waals surface area contributed by atoms with Gasteiger partial charge in [-0.2, -0.15) is 0 Å². The lowest BCUT2D eigenvalue weighted by molar-refractivity contribution is 0.605. The second kappa shape index (κ2) is 4.42. The lowest BCUT2D eigenvalue weighted by atomic mass is 10.4. The number of nitrogens with one attached hydrogen (secondary N) is 1. The number of rotatable bonds is 4. The maximum Gasteiger partial charge on any atom is 0.241 e. The molecule has 84 valence electrons. The summed E-state index contributed by atoms with van der Waals surface area (Å²) in [4.78, 5) is 4.96. The van der Waals surface area contributed by atoms with Gasteiger partial charge in [0.15, 0.2) is 5.13 Å². The van der Waals surface area contributed by atoms with Crippen LogP contribution in [0, 0.1) is 13.8 Å². The number of anilines is 1. The number of thiocarbonyl (C=S) groups is 1. The Labute approximate surface area is 97.8 Å². The molecule has 1 aromatic rings. The lowest BCUT2D eigenvalue weighted by Crippen LogP contribution is -2.26. The summed E-state index contributed by atoms with van der Waals surface area (Å²) in [6.07, 6.45) is 0. The van der Waals surface area contributed by atoms with E-state index < -0.39 is 10.0 Å². The molecule has 0 aromatic carbocycles. The van der Waals surface area contributed by atoms with Crippen molar-refractivity contribution in [2.75, 3.05) is 10.5 Å². The number of nitrogens with two attached hydrogens (primary N) is 1. The topological polar surface area (TPSA) is 85.1 Å². The molecule has 0 aliphatic heterocycles. The summed E-state index contributed by atoms with van der Waals surface area (Å²) in [5.74, 6) is -0.361. The van der Waals surface area contributed by atoms with E-state index in [1.54, 1.807) is 0 Å². The molecule has 0 radical (unpaired) electrons. The summed E-state index contributed by atoms with van der Waals surface area (Å²) >= 11 is 5.82. The Balaban J connectivity index is 2.82. The molecule has 1 rings (SSSR count). The average Bonchev–Trinajstić information content (AvgIpc) is 2.25. The second-order valence-corrected chi connectivity index (χ2v) is 6.44. The van der Waals surface area contributed by atoms with Crippen molar-refractivity contribution < 1.29 is 8.42 Å². The van der Waals surface area contributed by atoms with Crippen molar-refractivity contribution in [2.24, 2.45) is 5.73 Å². The van der Waals surface area contributed by atoms with Gasteiger partial charge in [-0.3, -0.25) is 4.72 Å². The van der Waals surface area contributed by atoms with Crippen molar-refractivity contribution in [2.45, 2.75) is 13.8 Å². The molecule has 0 fully saturated rings. The van der Waals surface area contributed by atoms with Gasteiger partial charge < -0.3 is 5.73 Å². The van der Waals surface area contributed by atoms with Crippen LogP contribution in [-0.4, -0.2) is 24.1 Å². The Morgan fingerprint density at radius 2 is 2.20 bits per heavy atom. The first-order valence-electron chi connectivity index (χ1n) is 4.03. The average molecular weight is 265 g/mol. The molecule has 0 amide bonds. The van der Waals surface area contributed by atoms with E-state index in [4.69, 9.17) is 5.73 Å². The van der Waals surface area contributed by atoms with E-state index in [0.29, 0.717) is 5.13 Å².